The highest BCUT2D eigenvalue weighted by atomic mass is 79.9. The molecule has 0 N–H and O–H groups in total. The zero-order valence-corrected chi connectivity index (χ0v) is 16.1. The average Bonchev–Trinajstić information content (AvgIpc) is 2.82. The molecule has 136 valence electrons. The molecule has 0 radical (unpaired) electrons. The van der Waals surface area contributed by atoms with E-state index in [1.165, 1.54) is 17.0 Å². The van der Waals surface area contributed by atoms with E-state index < -0.39 is 12.5 Å². The summed E-state index contributed by atoms with van der Waals surface area (Å²) in [5, 5.41) is 4.43. The molecule has 0 bridgehead atoms. The van der Waals surface area contributed by atoms with Crippen LogP contribution < -0.4 is 4.74 Å². The Morgan fingerprint density at radius 2 is 2.08 bits per heavy atom. The molecule has 1 heterocycles. The molecule has 8 heteroatoms. The molecule has 2 rings (SSSR count). The third kappa shape index (κ3) is 4.36. The van der Waals surface area contributed by atoms with E-state index in [-0.39, 0.29) is 11.3 Å². The number of rotatable bonds is 6. The predicted molar refractivity (Wildman–Crippen MR) is 93.9 cm³/mol. The molecular weight excluding hydrogens is 396 g/mol. The number of hydrogen-bond acceptors (Lipinski definition) is 3. The fourth-order valence-corrected chi connectivity index (χ4v) is 3.01. The molecule has 0 atom stereocenters. The Morgan fingerprint density at radius 3 is 2.64 bits per heavy atom. The fourth-order valence-electron chi connectivity index (χ4n) is 2.65. The van der Waals surface area contributed by atoms with E-state index in [0.717, 1.165) is 23.5 Å². The number of aromatic nitrogens is 2. The van der Waals surface area contributed by atoms with Crippen LogP contribution in [-0.4, -0.2) is 34.2 Å². The van der Waals surface area contributed by atoms with Gasteiger partial charge in [-0.05, 0) is 39.0 Å². The number of halogens is 3. The predicted octanol–water partition coefficient (Wildman–Crippen LogP) is 4.16. The highest BCUT2D eigenvalue weighted by molar-refractivity contribution is 9.10. The normalized spacial score (nSPS) is 11.0. The number of amides is 1. The van der Waals surface area contributed by atoms with E-state index in [9.17, 15) is 13.6 Å². The molecule has 1 aromatic heterocycles. The van der Waals surface area contributed by atoms with E-state index in [4.69, 9.17) is 0 Å². The van der Waals surface area contributed by atoms with Crippen LogP contribution in [0.5, 0.6) is 5.75 Å². The number of carbonyl (C=O) groups is 1. The highest BCUT2D eigenvalue weighted by Gasteiger charge is 2.22. The first-order valence-electron chi connectivity index (χ1n) is 7.77. The van der Waals surface area contributed by atoms with Gasteiger partial charge >= 0.3 is 6.61 Å². The molecule has 1 aromatic carbocycles. The lowest BCUT2D eigenvalue weighted by Crippen LogP contribution is -2.27. The summed E-state index contributed by atoms with van der Waals surface area (Å²) in [6.45, 7) is 3.90. The molecule has 2 aromatic rings. The summed E-state index contributed by atoms with van der Waals surface area (Å²) in [6.07, 6.45) is 0. The van der Waals surface area contributed by atoms with Crippen molar-refractivity contribution in [1.82, 2.24) is 14.7 Å². The topological polar surface area (TPSA) is 47.4 Å². The van der Waals surface area contributed by atoms with Gasteiger partial charge in [-0.25, -0.2) is 0 Å². The Hall–Kier alpha value is -1.96. The van der Waals surface area contributed by atoms with Crippen LogP contribution in [0.4, 0.5) is 8.78 Å². The SMILES string of the molecule is CCn1nc(C)c(CN(C)C(=O)c2cc(Br)ccc2OC(F)F)c1C. The highest BCUT2D eigenvalue weighted by Crippen LogP contribution is 2.27. The number of benzene rings is 1. The Bertz CT molecular complexity index is 777. The molecule has 0 saturated heterocycles. The number of ether oxygens (including phenoxy) is 1. The van der Waals surface area contributed by atoms with Crippen molar-refractivity contribution in [2.45, 2.75) is 40.5 Å². The summed E-state index contributed by atoms with van der Waals surface area (Å²) in [4.78, 5) is 14.2. The van der Waals surface area contributed by atoms with E-state index >= 15 is 0 Å². The second kappa shape index (κ2) is 7.95. The summed E-state index contributed by atoms with van der Waals surface area (Å²) >= 11 is 3.26. The molecule has 1 amide bonds. The van der Waals surface area contributed by atoms with Crippen molar-refractivity contribution in [2.24, 2.45) is 0 Å². The smallest absolute Gasteiger partial charge is 0.387 e. The fraction of sp³-hybridized carbons (Fsp3) is 0.412. The van der Waals surface area contributed by atoms with Gasteiger partial charge in [-0.15, -0.1) is 0 Å². The van der Waals surface area contributed by atoms with E-state index in [1.807, 2.05) is 25.5 Å². The van der Waals surface area contributed by atoms with Crippen LogP contribution in [0.2, 0.25) is 0 Å². The molecule has 0 fully saturated rings. The number of aryl methyl sites for hydroxylation is 2. The largest absolute Gasteiger partial charge is 0.434 e. The van der Waals surface area contributed by atoms with Gasteiger partial charge in [-0.2, -0.15) is 13.9 Å². The third-order valence-corrected chi connectivity index (χ3v) is 4.45. The molecule has 5 nitrogen and oxygen atoms in total. The van der Waals surface area contributed by atoms with Crippen molar-refractivity contribution in [3.63, 3.8) is 0 Å². The number of nitrogens with zero attached hydrogens (tertiary/aromatic N) is 3. The van der Waals surface area contributed by atoms with Crippen molar-refractivity contribution in [2.75, 3.05) is 7.05 Å². The maximum atomic E-state index is 12.8. The Labute approximate surface area is 153 Å². The summed E-state index contributed by atoms with van der Waals surface area (Å²) in [6, 6.07) is 4.38. The summed E-state index contributed by atoms with van der Waals surface area (Å²) in [5.41, 5.74) is 2.86. The van der Waals surface area contributed by atoms with Gasteiger partial charge in [0.25, 0.3) is 5.91 Å². The minimum Gasteiger partial charge on any atom is -0.434 e. The Balaban J connectivity index is 2.29. The van der Waals surface area contributed by atoms with Crippen LogP contribution >= 0.6 is 15.9 Å². The molecule has 0 spiro atoms. The van der Waals surface area contributed by atoms with Gasteiger partial charge in [-0.3, -0.25) is 9.48 Å². The summed E-state index contributed by atoms with van der Waals surface area (Å²) in [5.74, 6) is -0.548. The van der Waals surface area contributed by atoms with Gasteiger partial charge in [0.2, 0.25) is 0 Å². The van der Waals surface area contributed by atoms with Gasteiger partial charge in [0.15, 0.2) is 0 Å². The van der Waals surface area contributed by atoms with Gasteiger partial charge in [0.1, 0.15) is 5.75 Å². The van der Waals surface area contributed by atoms with Crippen LogP contribution in [0.15, 0.2) is 22.7 Å². The summed E-state index contributed by atoms with van der Waals surface area (Å²) < 4.78 is 32.1. The quantitative estimate of drug-likeness (QED) is 0.711. The van der Waals surface area contributed by atoms with Crippen LogP contribution in [-0.2, 0) is 13.1 Å². The first kappa shape index (κ1) is 19.4. The minimum absolute atomic E-state index is 0.0790. The molecule has 25 heavy (non-hydrogen) atoms. The molecule has 0 aliphatic rings. The number of hydrogen-bond donors (Lipinski definition) is 0. The van der Waals surface area contributed by atoms with Crippen molar-refractivity contribution >= 4 is 21.8 Å². The lowest BCUT2D eigenvalue weighted by atomic mass is 10.1. The van der Waals surface area contributed by atoms with E-state index in [0.29, 0.717) is 11.0 Å². The van der Waals surface area contributed by atoms with Gasteiger partial charge in [0, 0.05) is 35.9 Å². The van der Waals surface area contributed by atoms with Crippen molar-refractivity contribution in [1.29, 1.82) is 0 Å². The lowest BCUT2D eigenvalue weighted by Gasteiger charge is -2.19. The van der Waals surface area contributed by atoms with E-state index in [2.05, 4.69) is 25.8 Å². The van der Waals surface area contributed by atoms with Gasteiger partial charge in [0.05, 0.1) is 11.3 Å². The number of alkyl halides is 2. The lowest BCUT2D eigenvalue weighted by molar-refractivity contribution is -0.0502. The van der Waals surface area contributed by atoms with Crippen molar-refractivity contribution in [3.05, 3.63) is 45.2 Å². The third-order valence-electron chi connectivity index (χ3n) is 3.96. The second-order valence-electron chi connectivity index (χ2n) is 5.65. The first-order valence-corrected chi connectivity index (χ1v) is 8.56. The Kier molecular flexibility index (Phi) is 6.16. The van der Waals surface area contributed by atoms with Crippen LogP contribution in [0.3, 0.4) is 0 Å². The van der Waals surface area contributed by atoms with Crippen LogP contribution in [0.25, 0.3) is 0 Å². The molecule has 0 aliphatic heterocycles. The maximum Gasteiger partial charge on any atom is 0.387 e. The van der Waals surface area contributed by atoms with Crippen molar-refractivity contribution in [3.8, 4) is 5.75 Å². The minimum atomic E-state index is -3.00. The first-order chi connectivity index (χ1) is 11.7. The van der Waals surface area contributed by atoms with Crippen LogP contribution in [0.1, 0.15) is 34.2 Å². The monoisotopic (exact) mass is 415 g/mol. The molecule has 0 unspecified atom stereocenters. The zero-order chi connectivity index (χ0) is 18.7. The van der Waals surface area contributed by atoms with E-state index in [1.54, 1.807) is 13.1 Å². The average molecular weight is 416 g/mol. The maximum absolute atomic E-state index is 12.8. The van der Waals surface area contributed by atoms with Crippen LogP contribution in [0, 0.1) is 13.8 Å². The molecular formula is C17H20BrF2N3O2. The number of carbonyl (C=O) groups excluding carboxylic acids is 1. The molecule has 0 aliphatic carbocycles. The van der Waals surface area contributed by atoms with Gasteiger partial charge in [-0.1, -0.05) is 15.9 Å². The standard InChI is InChI=1S/C17H20BrF2N3O2/c1-5-23-11(3)14(10(2)21-23)9-22(4)16(24)13-8-12(18)6-7-15(13)25-17(19)20/h6-8,17H,5,9H2,1-4H3. The van der Waals surface area contributed by atoms with Crippen molar-refractivity contribution < 1.29 is 18.3 Å². The van der Waals surface area contributed by atoms with Gasteiger partial charge < -0.3 is 9.64 Å². The molecule has 0 saturated carbocycles. The zero-order valence-electron chi connectivity index (χ0n) is 14.5. The summed E-state index contributed by atoms with van der Waals surface area (Å²) in [7, 11) is 1.62. The second-order valence-corrected chi connectivity index (χ2v) is 6.56. The Morgan fingerprint density at radius 1 is 1.40 bits per heavy atom.